The van der Waals surface area contributed by atoms with E-state index in [1.807, 2.05) is 6.92 Å². The number of esters is 1. The molecule has 1 saturated heterocycles. The Bertz CT molecular complexity index is 946. The van der Waals surface area contributed by atoms with Crippen molar-refractivity contribution in [1.29, 1.82) is 0 Å². The van der Waals surface area contributed by atoms with Crippen molar-refractivity contribution in [2.24, 2.45) is 11.8 Å². The molecule has 7 heteroatoms. The molecule has 0 spiro atoms. The van der Waals surface area contributed by atoms with Gasteiger partial charge >= 0.3 is 5.97 Å². The fourth-order valence-corrected chi connectivity index (χ4v) is 4.86. The number of carbonyl (C=O) groups excluding carboxylic acids is 1. The number of cyclic esters (lactones) is 1. The Kier molecular flexibility index (Phi) is 12.4. The van der Waals surface area contributed by atoms with E-state index in [0.29, 0.717) is 29.9 Å². The Labute approximate surface area is 227 Å². The second kappa shape index (κ2) is 14.8. The first-order valence-corrected chi connectivity index (χ1v) is 13.5. The largest absolute Gasteiger partial charge is 0.456 e. The minimum atomic E-state index is -1.51. The highest BCUT2D eigenvalue weighted by Gasteiger charge is 2.51. The maximum atomic E-state index is 12.8. The van der Waals surface area contributed by atoms with Gasteiger partial charge in [-0.05, 0) is 61.2 Å². The van der Waals surface area contributed by atoms with Gasteiger partial charge in [-0.1, -0.05) is 76.8 Å². The molecule has 9 atom stereocenters. The number of aliphatic hydroxyl groups excluding tert-OH is 4. The van der Waals surface area contributed by atoms with E-state index in [0.717, 1.165) is 18.4 Å². The molecule has 38 heavy (non-hydrogen) atoms. The lowest BCUT2D eigenvalue weighted by Gasteiger charge is -2.26. The molecule has 4 N–H and O–H groups in total. The van der Waals surface area contributed by atoms with Gasteiger partial charge in [-0.25, -0.2) is 4.79 Å². The van der Waals surface area contributed by atoms with Crippen molar-refractivity contribution >= 4 is 5.97 Å². The predicted octanol–water partition coefficient (Wildman–Crippen LogP) is 4.09. The van der Waals surface area contributed by atoms with Crippen LogP contribution >= 0.6 is 0 Å². The normalized spacial score (nSPS) is 38.5. The Hall–Kier alpha value is -2.29. The molecule has 0 radical (unpaired) electrons. The molecule has 0 aromatic heterocycles. The molecular weight excluding hydrogens is 484 g/mol. The standard InChI is InChI=1S/C31H46O7/c1-8-11-21(5)29-31(38-29)30-22(6)16-18(2)13-10-15-24(32)27(35)23(7)28(36)26(34)20(4)14-9-12-19(3)17-25(33)37-30/h9-10,12,15,17,21-22,24,26-32,34-36H,2,4,7-8,11,13-14,16H2,1,3,5-6H3/b12-9+,15-10+,19-17+/t21-,22+,24-,26-,27-,28-,29+,30-,31-/m1/s1. The third-order valence-electron chi connectivity index (χ3n) is 7.26. The SMILES string of the molecule is C=C1C/C=C/[C@@H](O)[C@H](O)C(=C)[C@@H](O)[C@H](O)C(=C)C/C=C/C(C)=C/C(=O)O[C@@H]([C@@H]2O[C@H]2[C@H](C)CCC)[C@@H](C)C1. The zero-order valence-electron chi connectivity index (χ0n) is 23.3. The highest BCUT2D eigenvalue weighted by atomic mass is 16.6. The highest BCUT2D eigenvalue weighted by molar-refractivity contribution is 5.83. The van der Waals surface area contributed by atoms with Crippen molar-refractivity contribution in [2.45, 2.75) is 103 Å². The summed E-state index contributed by atoms with van der Waals surface area (Å²) in [5, 5.41) is 41.8. The van der Waals surface area contributed by atoms with E-state index in [-0.39, 0.29) is 30.1 Å². The van der Waals surface area contributed by atoms with Gasteiger partial charge in [-0.2, -0.15) is 0 Å². The van der Waals surface area contributed by atoms with E-state index < -0.39 is 36.5 Å². The third-order valence-corrected chi connectivity index (χ3v) is 7.26. The number of aliphatic hydroxyl groups is 4. The monoisotopic (exact) mass is 530 g/mol. The van der Waals surface area contributed by atoms with Crippen LogP contribution in [0.2, 0.25) is 0 Å². The first-order chi connectivity index (χ1) is 17.9. The molecule has 0 unspecified atom stereocenters. The first-order valence-electron chi connectivity index (χ1n) is 13.5. The van der Waals surface area contributed by atoms with Crippen LogP contribution in [0.5, 0.6) is 0 Å². The van der Waals surface area contributed by atoms with E-state index in [1.54, 1.807) is 25.2 Å². The number of hydrogen-bond donors (Lipinski definition) is 4. The fourth-order valence-electron chi connectivity index (χ4n) is 4.86. The molecule has 2 aliphatic heterocycles. The summed E-state index contributed by atoms with van der Waals surface area (Å²) in [6.45, 7) is 19.7. The van der Waals surface area contributed by atoms with Crippen molar-refractivity contribution in [2.75, 3.05) is 0 Å². The molecule has 0 bridgehead atoms. The van der Waals surface area contributed by atoms with Crippen LogP contribution in [0.3, 0.4) is 0 Å². The lowest BCUT2D eigenvalue weighted by molar-refractivity contribution is -0.146. The van der Waals surface area contributed by atoms with Crippen LogP contribution < -0.4 is 0 Å². The Morgan fingerprint density at radius 3 is 2.37 bits per heavy atom. The van der Waals surface area contributed by atoms with Crippen molar-refractivity contribution in [3.63, 3.8) is 0 Å². The van der Waals surface area contributed by atoms with Gasteiger partial charge < -0.3 is 29.9 Å². The number of allylic oxidation sites excluding steroid dienone is 5. The molecule has 2 aliphatic rings. The number of hydrogen-bond acceptors (Lipinski definition) is 7. The summed E-state index contributed by atoms with van der Waals surface area (Å²) in [7, 11) is 0. The number of ether oxygens (including phenoxy) is 2. The first kappa shape index (κ1) is 31.9. The van der Waals surface area contributed by atoms with Crippen LogP contribution in [0.1, 0.15) is 59.8 Å². The molecular formula is C31H46O7. The van der Waals surface area contributed by atoms with Gasteiger partial charge in [-0.3, -0.25) is 0 Å². The molecule has 0 aromatic rings. The van der Waals surface area contributed by atoms with Gasteiger partial charge in [0.05, 0.1) is 6.10 Å². The molecule has 2 heterocycles. The summed E-state index contributed by atoms with van der Waals surface area (Å²) >= 11 is 0. The Morgan fingerprint density at radius 1 is 1.03 bits per heavy atom. The van der Waals surface area contributed by atoms with Gasteiger partial charge in [0.1, 0.15) is 36.6 Å². The van der Waals surface area contributed by atoms with E-state index in [9.17, 15) is 25.2 Å². The minimum absolute atomic E-state index is 0.0474. The van der Waals surface area contributed by atoms with E-state index >= 15 is 0 Å². The number of carbonyl (C=O) groups is 1. The van der Waals surface area contributed by atoms with E-state index in [4.69, 9.17) is 9.47 Å². The molecule has 7 nitrogen and oxygen atoms in total. The van der Waals surface area contributed by atoms with Crippen molar-refractivity contribution in [1.82, 2.24) is 0 Å². The quantitative estimate of drug-likeness (QED) is 0.245. The molecule has 2 rings (SSSR count). The van der Waals surface area contributed by atoms with Crippen LogP contribution in [0, 0.1) is 11.8 Å². The lowest BCUT2D eigenvalue weighted by Crippen LogP contribution is -2.37. The second-order valence-corrected chi connectivity index (χ2v) is 10.8. The maximum Gasteiger partial charge on any atom is 0.331 e. The van der Waals surface area contributed by atoms with Gasteiger partial charge in [0.15, 0.2) is 0 Å². The summed E-state index contributed by atoms with van der Waals surface area (Å²) in [6.07, 6.45) is 5.05. The summed E-state index contributed by atoms with van der Waals surface area (Å²) in [4.78, 5) is 12.8. The molecule has 0 saturated carbocycles. The zero-order chi connectivity index (χ0) is 28.6. The van der Waals surface area contributed by atoms with Crippen molar-refractivity contribution < 1.29 is 34.7 Å². The minimum Gasteiger partial charge on any atom is -0.456 e. The van der Waals surface area contributed by atoms with Crippen LogP contribution in [0.4, 0.5) is 0 Å². The summed E-state index contributed by atoms with van der Waals surface area (Å²) in [6, 6.07) is 0. The van der Waals surface area contributed by atoms with Crippen LogP contribution in [-0.4, -0.2) is 69.1 Å². The average molecular weight is 531 g/mol. The van der Waals surface area contributed by atoms with Gasteiger partial charge in [0.25, 0.3) is 0 Å². The Balaban J connectivity index is 2.28. The van der Waals surface area contributed by atoms with E-state index in [2.05, 4.69) is 33.6 Å². The summed E-state index contributed by atoms with van der Waals surface area (Å²) in [5.74, 6) is -0.134. The molecule has 1 fully saturated rings. The van der Waals surface area contributed by atoms with Crippen LogP contribution in [0.25, 0.3) is 0 Å². The molecule has 212 valence electrons. The second-order valence-electron chi connectivity index (χ2n) is 10.8. The fraction of sp³-hybridized carbons (Fsp3) is 0.581. The predicted molar refractivity (Wildman–Crippen MR) is 149 cm³/mol. The number of rotatable bonds is 4. The van der Waals surface area contributed by atoms with Crippen LogP contribution in [0.15, 0.2) is 72.4 Å². The topological polar surface area (TPSA) is 120 Å². The van der Waals surface area contributed by atoms with Crippen molar-refractivity contribution in [3.05, 3.63) is 72.4 Å². The zero-order valence-corrected chi connectivity index (χ0v) is 23.3. The van der Waals surface area contributed by atoms with Crippen LogP contribution in [-0.2, 0) is 14.3 Å². The summed E-state index contributed by atoms with van der Waals surface area (Å²) in [5.41, 5.74) is 1.70. The molecule has 0 amide bonds. The lowest BCUT2D eigenvalue weighted by atomic mass is 9.89. The molecule has 0 aromatic carbocycles. The third kappa shape index (κ3) is 9.17. The smallest absolute Gasteiger partial charge is 0.331 e. The maximum absolute atomic E-state index is 12.8. The van der Waals surface area contributed by atoms with Gasteiger partial charge in [0.2, 0.25) is 0 Å². The van der Waals surface area contributed by atoms with Gasteiger partial charge in [-0.15, -0.1) is 0 Å². The molecule has 0 aliphatic carbocycles. The Morgan fingerprint density at radius 2 is 1.71 bits per heavy atom. The van der Waals surface area contributed by atoms with Gasteiger partial charge in [0, 0.05) is 6.08 Å². The van der Waals surface area contributed by atoms with E-state index in [1.165, 1.54) is 12.2 Å². The van der Waals surface area contributed by atoms with Crippen molar-refractivity contribution in [3.8, 4) is 0 Å². The highest BCUT2D eigenvalue weighted by Crippen LogP contribution is 2.39. The summed E-state index contributed by atoms with van der Waals surface area (Å²) < 4.78 is 11.9. The number of epoxide rings is 1. The average Bonchev–Trinajstić information content (AvgIpc) is 3.65.